The molecule has 1 aromatic carbocycles. The number of methoxy groups -OCH3 is 1. The van der Waals surface area contributed by atoms with Crippen molar-refractivity contribution in [2.75, 3.05) is 38.3 Å². The van der Waals surface area contributed by atoms with Gasteiger partial charge in [-0.25, -0.2) is 18.4 Å². The number of anilines is 1. The van der Waals surface area contributed by atoms with Crippen LogP contribution < -0.4 is 9.64 Å². The molecule has 0 bridgehead atoms. The van der Waals surface area contributed by atoms with Crippen LogP contribution in [-0.2, 0) is 14.8 Å². The van der Waals surface area contributed by atoms with E-state index in [4.69, 9.17) is 9.47 Å². The van der Waals surface area contributed by atoms with Crippen LogP contribution in [0.1, 0.15) is 12.8 Å². The van der Waals surface area contributed by atoms with Crippen molar-refractivity contribution in [3.8, 4) is 5.75 Å². The first-order chi connectivity index (χ1) is 13.6. The second kappa shape index (κ2) is 8.02. The molecular weight excluding hydrogens is 380 g/mol. The molecule has 1 aromatic heterocycles. The molecule has 150 valence electrons. The molecule has 1 fully saturated rings. The van der Waals surface area contributed by atoms with Crippen molar-refractivity contribution in [2.24, 2.45) is 0 Å². The molecule has 0 spiro atoms. The number of ether oxygens (including phenoxy) is 2. The zero-order chi connectivity index (χ0) is 19.6. The highest BCUT2D eigenvalue weighted by molar-refractivity contribution is 7.89. The van der Waals surface area contributed by atoms with Crippen molar-refractivity contribution < 1.29 is 17.9 Å². The number of hydrogen-bond acceptors (Lipinski definition) is 7. The van der Waals surface area contributed by atoms with Gasteiger partial charge in [0.25, 0.3) is 0 Å². The number of rotatable bonds is 4. The molecule has 0 amide bonds. The van der Waals surface area contributed by atoms with Gasteiger partial charge in [0.15, 0.2) is 0 Å². The molecule has 2 atom stereocenters. The monoisotopic (exact) mass is 404 g/mol. The standard InChI is InChI=1S/C19H24N4O4S/c1-26-14-13-23-15-7-11-22(19-20-9-4-10-21-19)12-8-16(15)27-17-5-2-3-6-18(17)28(23,24)25/h2-6,9-10,15-16H,7-8,11-14H2,1H3/t15-,16-/m1/s1. The minimum absolute atomic E-state index is 0.224. The molecule has 8 nitrogen and oxygen atoms in total. The first-order valence-corrected chi connectivity index (χ1v) is 10.8. The molecule has 0 N–H and O–H groups in total. The van der Waals surface area contributed by atoms with Gasteiger partial charge in [0.1, 0.15) is 16.7 Å². The molecule has 2 aliphatic rings. The third-order valence-electron chi connectivity index (χ3n) is 5.24. The Morgan fingerprint density at radius 1 is 1.14 bits per heavy atom. The van der Waals surface area contributed by atoms with Gasteiger partial charge in [-0.1, -0.05) is 12.1 Å². The van der Waals surface area contributed by atoms with Crippen molar-refractivity contribution in [3.63, 3.8) is 0 Å². The minimum atomic E-state index is -3.68. The number of sulfonamides is 1. The van der Waals surface area contributed by atoms with Crippen LogP contribution in [0.4, 0.5) is 5.95 Å². The lowest BCUT2D eigenvalue weighted by molar-refractivity contribution is 0.0960. The van der Waals surface area contributed by atoms with E-state index in [1.807, 2.05) is 0 Å². The molecule has 4 rings (SSSR count). The highest BCUT2D eigenvalue weighted by Crippen LogP contribution is 2.36. The van der Waals surface area contributed by atoms with E-state index in [1.54, 1.807) is 54.1 Å². The quantitative estimate of drug-likeness (QED) is 0.764. The van der Waals surface area contributed by atoms with Gasteiger partial charge in [0, 0.05) is 45.6 Å². The van der Waals surface area contributed by atoms with Gasteiger partial charge in [-0.15, -0.1) is 0 Å². The number of hydrogen-bond donors (Lipinski definition) is 0. The van der Waals surface area contributed by atoms with E-state index in [2.05, 4.69) is 14.9 Å². The van der Waals surface area contributed by atoms with Crippen molar-refractivity contribution in [3.05, 3.63) is 42.7 Å². The van der Waals surface area contributed by atoms with Crippen LogP contribution in [0.3, 0.4) is 0 Å². The van der Waals surface area contributed by atoms with Crippen molar-refractivity contribution in [1.82, 2.24) is 14.3 Å². The summed E-state index contributed by atoms with van der Waals surface area (Å²) in [5.74, 6) is 1.08. The largest absolute Gasteiger partial charge is 0.487 e. The van der Waals surface area contributed by atoms with Crippen molar-refractivity contribution in [2.45, 2.75) is 29.9 Å². The second-order valence-corrected chi connectivity index (χ2v) is 8.75. The van der Waals surface area contributed by atoms with Crippen LogP contribution in [-0.4, -0.2) is 68.2 Å². The van der Waals surface area contributed by atoms with Crippen LogP contribution in [0, 0.1) is 0 Å². The van der Waals surface area contributed by atoms with Crippen LogP contribution in [0.5, 0.6) is 5.75 Å². The molecule has 0 saturated carbocycles. The van der Waals surface area contributed by atoms with Crippen LogP contribution >= 0.6 is 0 Å². The molecular formula is C19H24N4O4S. The maximum atomic E-state index is 13.4. The summed E-state index contributed by atoms with van der Waals surface area (Å²) in [4.78, 5) is 11.0. The maximum Gasteiger partial charge on any atom is 0.247 e. The lowest BCUT2D eigenvalue weighted by atomic mass is 10.1. The molecule has 0 aliphatic carbocycles. The van der Waals surface area contributed by atoms with E-state index in [9.17, 15) is 8.42 Å². The third-order valence-corrected chi connectivity index (χ3v) is 7.21. The molecule has 3 heterocycles. The Morgan fingerprint density at radius 3 is 2.68 bits per heavy atom. The Kier molecular flexibility index (Phi) is 5.47. The van der Waals surface area contributed by atoms with Crippen molar-refractivity contribution >= 4 is 16.0 Å². The Morgan fingerprint density at radius 2 is 1.89 bits per heavy atom. The fourth-order valence-electron chi connectivity index (χ4n) is 3.88. The first-order valence-electron chi connectivity index (χ1n) is 9.39. The zero-order valence-electron chi connectivity index (χ0n) is 15.8. The predicted molar refractivity (Wildman–Crippen MR) is 104 cm³/mol. The molecule has 0 radical (unpaired) electrons. The number of nitrogens with zero attached hydrogens (tertiary/aromatic N) is 4. The third kappa shape index (κ3) is 3.57. The Bertz CT molecular complexity index is 909. The van der Waals surface area contributed by atoms with Gasteiger partial charge >= 0.3 is 0 Å². The molecule has 2 aromatic rings. The van der Waals surface area contributed by atoms with E-state index in [1.165, 1.54) is 0 Å². The fourth-order valence-corrected chi connectivity index (χ4v) is 5.66. The maximum absolute atomic E-state index is 13.4. The Labute approximate surface area is 165 Å². The van der Waals surface area contributed by atoms with Gasteiger partial charge < -0.3 is 14.4 Å². The first kappa shape index (κ1) is 19.1. The Hall–Kier alpha value is -2.23. The van der Waals surface area contributed by atoms with Crippen LogP contribution in [0.2, 0.25) is 0 Å². The summed E-state index contributed by atoms with van der Waals surface area (Å²) in [6.07, 6.45) is 4.49. The topological polar surface area (TPSA) is 84.9 Å². The second-order valence-electron chi connectivity index (χ2n) is 6.89. The lowest BCUT2D eigenvalue weighted by Crippen LogP contribution is -2.48. The van der Waals surface area contributed by atoms with Crippen LogP contribution in [0.25, 0.3) is 0 Å². The molecule has 1 saturated heterocycles. The molecule has 0 unspecified atom stereocenters. The van der Waals surface area contributed by atoms with E-state index in [-0.39, 0.29) is 17.0 Å². The molecule has 28 heavy (non-hydrogen) atoms. The van der Waals surface area contributed by atoms with E-state index in [0.29, 0.717) is 50.8 Å². The summed E-state index contributed by atoms with van der Waals surface area (Å²) in [6.45, 7) is 1.98. The number of benzene rings is 1. The molecule has 9 heteroatoms. The average molecular weight is 404 g/mol. The summed E-state index contributed by atoms with van der Waals surface area (Å²) >= 11 is 0. The van der Waals surface area contributed by atoms with Gasteiger partial charge in [-0.05, 0) is 24.6 Å². The van der Waals surface area contributed by atoms with Gasteiger partial charge in [-0.2, -0.15) is 4.31 Å². The summed E-state index contributed by atoms with van der Waals surface area (Å²) in [5.41, 5.74) is 0. The van der Waals surface area contributed by atoms with Crippen molar-refractivity contribution in [1.29, 1.82) is 0 Å². The minimum Gasteiger partial charge on any atom is -0.487 e. The van der Waals surface area contributed by atoms with Gasteiger partial charge in [0.05, 0.1) is 12.6 Å². The SMILES string of the molecule is COCCN1[C@@H]2CCN(c3ncccn3)CC[C@H]2Oc2ccccc2S1(=O)=O. The highest BCUT2D eigenvalue weighted by Gasteiger charge is 2.43. The molecule has 2 aliphatic heterocycles. The summed E-state index contributed by atoms with van der Waals surface area (Å²) in [5, 5.41) is 0. The number of fused-ring (bicyclic) bond motifs is 2. The summed E-state index contributed by atoms with van der Waals surface area (Å²) in [7, 11) is -2.10. The lowest BCUT2D eigenvalue weighted by Gasteiger charge is -2.31. The summed E-state index contributed by atoms with van der Waals surface area (Å²) < 4.78 is 39.8. The highest BCUT2D eigenvalue weighted by atomic mass is 32.2. The van der Waals surface area contributed by atoms with Crippen LogP contribution in [0.15, 0.2) is 47.6 Å². The predicted octanol–water partition coefficient (Wildman–Crippen LogP) is 1.54. The van der Waals surface area contributed by atoms with E-state index < -0.39 is 10.0 Å². The summed E-state index contributed by atoms with van der Waals surface area (Å²) in [6, 6.07) is 8.37. The van der Waals surface area contributed by atoms with E-state index >= 15 is 0 Å². The Balaban J connectivity index is 1.69. The number of aromatic nitrogens is 2. The average Bonchev–Trinajstić information content (AvgIpc) is 2.96. The van der Waals surface area contributed by atoms with Gasteiger partial charge in [0.2, 0.25) is 16.0 Å². The smallest absolute Gasteiger partial charge is 0.247 e. The number of para-hydroxylation sites is 1. The van der Waals surface area contributed by atoms with E-state index in [0.717, 1.165) is 0 Å². The fraction of sp³-hybridized carbons (Fsp3) is 0.474. The van der Waals surface area contributed by atoms with Gasteiger partial charge in [-0.3, -0.25) is 0 Å². The normalized spacial score (nSPS) is 24.4. The zero-order valence-corrected chi connectivity index (χ0v) is 16.6.